The lowest BCUT2D eigenvalue weighted by molar-refractivity contribution is 0.0780. The van der Waals surface area contributed by atoms with Gasteiger partial charge in [-0.2, -0.15) is 0 Å². The maximum Gasteiger partial charge on any atom is 0.0640 e. The molecule has 3 aliphatic carbocycles. The zero-order valence-electron chi connectivity index (χ0n) is 34.7. The van der Waals surface area contributed by atoms with Gasteiger partial charge in [0.1, 0.15) is 0 Å². The van der Waals surface area contributed by atoms with Crippen LogP contribution < -0.4 is 9.80 Å². The molecule has 11 rings (SSSR count). The minimum atomic E-state index is -0.0871. The Kier molecular flexibility index (Phi) is 8.64. The zero-order chi connectivity index (χ0) is 39.9. The molecule has 0 spiro atoms. The summed E-state index contributed by atoms with van der Waals surface area (Å²) in [5, 5.41) is 2.62. The average Bonchev–Trinajstić information content (AvgIpc) is 3.74. The molecule has 2 nitrogen and oxygen atoms in total. The third kappa shape index (κ3) is 6.03. The SMILES string of the molecule is CC1CC2CC(C)CC(c3ccc(N(c4ccc(N(c5ccccc5)c5cccc6c5sc5ccccc56)cc4)c4ccc5c(c4)C(C)(C)c4ccccc4-5)cc3)(C1)C2. The molecule has 2 unspecified atom stereocenters. The third-order valence-corrected chi connectivity index (χ3v) is 15.4. The molecule has 0 amide bonds. The fraction of sp³-hybridized carbons (Fsp3) is 0.250. The molecule has 0 N–H and O–H groups in total. The van der Waals surface area contributed by atoms with Crippen LogP contribution in [0.2, 0.25) is 0 Å². The first-order valence-electron chi connectivity index (χ1n) is 21.8. The Bertz CT molecular complexity index is 2810. The smallest absolute Gasteiger partial charge is 0.0640 e. The van der Waals surface area contributed by atoms with Crippen molar-refractivity contribution in [1.29, 1.82) is 0 Å². The molecule has 0 aliphatic heterocycles. The molecule has 2 bridgehead atoms. The first-order chi connectivity index (χ1) is 28.8. The van der Waals surface area contributed by atoms with E-state index < -0.39 is 0 Å². The number of hydrogen-bond acceptors (Lipinski definition) is 3. The number of rotatable bonds is 7. The number of hydrogen-bond donors (Lipinski definition) is 0. The molecular formula is C56H52N2S. The van der Waals surface area contributed by atoms with E-state index in [9.17, 15) is 0 Å². The quantitative estimate of drug-likeness (QED) is 0.159. The van der Waals surface area contributed by atoms with Crippen LogP contribution in [0.3, 0.4) is 0 Å². The van der Waals surface area contributed by atoms with Gasteiger partial charge in [0.2, 0.25) is 0 Å². The number of para-hydroxylation sites is 1. The Morgan fingerprint density at radius 2 is 1.07 bits per heavy atom. The summed E-state index contributed by atoms with van der Waals surface area (Å²) < 4.78 is 2.62. The van der Waals surface area contributed by atoms with Crippen LogP contribution in [0.25, 0.3) is 31.3 Å². The van der Waals surface area contributed by atoms with Crippen LogP contribution in [0, 0.1) is 17.8 Å². The summed E-state index contributed by atoms with van der Waals surface area (Å²) in [6.45, 7) is 9.75. The van der Waals surface area contributed by atoms with E-state index in [1.54, 1.807) is 5.56 Å². The molecule has 2 atom stereocenters. The first-order valence-corrected chi connectivity index (χ1v) is 22.6. The number of benzene rings is 7. The van der Waals surface area contributed by atoms with Gasteiger partial charge in [0.25, 0.3) is 0 Å². The molecule has 1 heterocycles. The van der Waals surface area contributed by atoms with E-state index in [0.29, 0.717) is 5.41 Å². The topological polar surface area (TPSA) is 6.48 Å². The Labute approximate surface area is 353 Å². The summed E-state index contributed by atoms with van der Waals surface area (Å²) in [4.78, 5) is 4.92. The van der Waals surface area contributed by atoms with Crippen LogP contribution >= 0.6 is 11.3 Å². The maximum absolute atomic E-state index is 2.49. The van der Waals surface area contributed by atoms with Crippen LogP contribution in [-0.4, -0.2) is 0 Å². The first kappa shape index (κ1) is 36.4. The van der Waals surface area contributed by atoms with Crippen molar-refractivity contribution in [3.63, 3.8) is 0 Å². The van der Waals surface area contributed by atoms with Gasteiger partial charge in [-0.25, -0.2) is 0 Å². The normalized spacial score (nSPS) is 21.6. The summed E-state index contributed by atoms with van der Waals surface area (Å²) >= 11 is 1.88. The maximum atomic E-state index is 2.49. The van der Waals surface area contributed by atoms with E-state index in [0.717, 1.165) is 34.8 Å². The lowest BCUT2D eigenvalue weighted by Gasteiger charge is -2.50. The van der Waals surface area contributed by atoms with Crippen LogP contribution in [0.5, 0.6) is 0 Å². The van der Waals surface area contributed by atoms with Gasteiger partial charge in [-0.3, -0.25) is 0 Å². The molecule has 3 heteroatoms. The summed E-state index contributed by atoms with van der Waals surface area (Å²) in [7, 11) is 0. The second kappa shape index (κ2) is 14.0. The van der Waals surface area contributed by atoms with Gasteiger partial charge in [-0.1, -0.05) is 119 Å². The van der Waals surface area contributed by atoms with Crippen molar-refractivity contribution in [3.8, 4) is 11.1 Å². The number of nitrogens with zero attached hydrogens (tertiary/aromatic N) is 2. The second-order valence-electron chi connectivity index (χ2n) is 18.7. The highest BCUT2D eigenvalue weighted by Crippen LogP contribution is 2.55. The van der Waals surface area contributed by atoms with Crippen LogP contribution in [0.4, 0.5) is 34.1 Å². The minimum absolute atomic E-state index is 0.0871. The van der Waals surface area contributed by atoms with Gasteiger partial charge in [0.15, 0.2) is 0 Å². The van der Waals surface area contributed by atoms with Crippen LogP contribution in [0.1, 0.15) is 76.5 Å². The summed E-state index contributed by atoms with van der Waals surface area (Å²) in [5.41, 5.74) is 14.3. The molecule has 292 valence electrons. The standard InChI is InChI=1S/C56H52N2S/c1-37-31-39-32-38(2)35-56(34-37,36-39)40-21-23-42(24-22-40)57(45-29-30-47-46-15-8-10-18-50(46)55(3,4)51(47)33-45)43-25-27-44(28-26-43)58(41-13-6-5-7-14-41)52-19-12-17-49-48-16-9-11-20-53(48)59-54(49)52/h5-30,33,37-39H,31-32,34-36H2,1-4H3. The molecule has 0 radical (unpaired) electrons. The monoisotopic (exact) mass is 784 g/mol. The highest BCUT2D eigenvalue weighted by Gasteiger charge is 2.45. The second-order valence-corrected chi connectivity index (χ2v) is 19.7. The molecule has 0 saturated heterocycles. The summed E-state index contributed by atoms with van der Waals surface area (Å²) in [6.07, 6.45) is 6.76. The van der Waals surface area contributed by atoms with Crippen molar-refractivity contribution >= 4 is 65.6 Å². The third-order valence-electron chi connectivity index (χ3n) is 14.2. The molecule has 2 saturated carbocycles. The molecule has 8 aromatic rings. The van der Waals surface area contributed by atoms with Gasteiger partial charge < -0.3 is 9.80 Å². The van der Waals surface area contributed by atoms with Gasteiger partial charge in [-0.15, -0.1) is 11.3 Å². The molecular weight excluding hydrogens is 733 g/mol. The lowest BCUT2D eigenvalue weighted by atomic mass is 9.54. The fourth-order valence-electron chi connectivity index (χ4n) is 12.0. The molecule has 3 aliphatic rings. The van der Waals surface area contributed by atoms with Crippen molar-refractivity contribution in [2.45, 2.75) is 70.6 Å². The molecule has 2 fully saturated rings. The van der Waals surface area contributed by atoms with Crippen LogP contribution in [-0.2, 0) is 10.8 Å². The van der Waals surface area contributed by atoms with Gasteiger partial charge >= 0.3 is 0 Å². The Balaban J connectivity index is 1.03. The van der Waals surface area contributed by atoms with E-state index >= 15 is 0 Å². The van der Waals surface area contributed by atoms with Crippen molar-refractivity contribution in [1.82, 2.24) is 0 Å². The largest absolute Gasteiger partial charge is 0.310 e. The van der Waals surface area contributed by atoms with E-state index in [2.05, 4.69) is 201 Å². The van der Waals surface area contributed by atoms with E-state index in [1.165, 1.54) is 91.6 Å². The summed E-state index contributed by atoms with van der Waals surface area (Å²) in [6, 6.07) is 61.6. The summed E-state index contributed by atoms with van der Waals surface area (Å²) in [5.74, 6) is 2.43. The molecule has 1 aromatic heterocycles. The Morgan fingerprint density at radius 3 is 1.81 bits per heavy atom. The van der Waals surface area contributed by atoms with E-state index in [1.807, 2.05) is 11.3 Å². The number of thiophene rings is 1. The Hall–Kier alpha value is -5.64. The molecule has 59 heavy (non-hydrogen) atoms. The number of anilines is 6. The lowest BCUT2D eigenvalue weighted by Crippen LogP contribution is -2.42. The average molecular weight is 785 g/mol. The highest BCUT2D eigenvalue weighted by molar-refractivity contribution is 7.26. The van der Waals surface area contributed by atoms with Gasteiger partial charge in [-0.05, 0) is 156 Å². The Morgan fingerprint density at radius 1 is 0.492 bits per heavy atom. The zero-order valence-corrected chi connectivity index (χ0v) is 35.5. The highest BCUT2D eigenvalue weighted by atomic mass is 32.1. The van der Waals surface area contributed by atoms with Crippen LogP contribution in [0.15, 0.2) is 164 Å². The van der Waals surface area contributed by atoms with E-state index in [-0.39, 0.29) is 5.41 Å². The van der Waals surface area contributed by atoms with Gasteiger partial charge in [0, 0.05) is 49.3 Å². The number of fused-ring (bicyclic) bond motifs is 8. The predicted octanol–water partition coefficient (Wildman–Crippen LogP) is 16.4. The predicted molar refractivity (Wildman–Crippen MR) is 253 cm³/mol. The fourth-order valence-corrected chi connectivity index (χ4v) is 13.2. The van der Waals surface area contributed by atoms with Crippen molar-refractivity contribution in [3.05, 3.63) is 180 Å². The van der Waals surface area contributed by atoms with Crippen molar-refractivity contribution in [2.75, 3.05) is 9.80 Å². The van der Waals surface area contributed by atoms with E-state index in [4.69, 9.17) is 0 Å². The minimum Gasteiger partial charge on any atom is -0.310 e. The van der Waals surface area contributed by atoms with Crippen molar-refractivity contribution in [2.24, 2.45) is 17.8 Å². The molecule has 7 aromatic carbocycles. The van der Waals surface area contributed by atoms with Crippen molar-refractivity contribution < 1.29 is 0 Å². The van der Waals surface area contributed by atoms with Gasteiger partial charge in [0.05, 0.1) is 10.4 Å².